The maximum atomic E-state index is 12.3. The van der Waals surface area contributed by atoms with E-state index in [2.05, 4.69) is 4.98 Å². The molecular formula is C12H15N3O3S. The standard InChI is InChI=1S/C12H15N3O3S/c1-4-14-7-8(11(17)18-5-2)10(16)9-6-13-12(19-3)15(9)14/h6-7H,4-5H2,1-3H3. The van der Waals surface area contributed by atoms with Crippen LogP contribution < -0.4 is 5.43 Å². The highest BCUT2D eigenvalue weighted by Gasteiger charge is 2.18. The number of carbonyl (C=O) groups is 1. The van der Waals surface area contributed by atoms with Crippen molar-refractivity contribution in [2.24, 2.45) is 0 Å². The van der Waals surface area contributed by atoms with Gasteiger partial charge in [0, 0.05) is 12.7 Å². The number of carbonyl (C=O) groups excluding carboxylic acids is 1. The summed E-state index contributed by atoms with van der Waals surface area (Å²) in [5, 5.41) is 0.712. The Balaban J connectivity index is 2.73. The summed E-state index contributed by atoms with van der Waals surface area (Å²) >= 11 is 1.44. The molecule has 0 spiro atoms. The van der Waals surface area contributed by atoms with Crippen LogP contribution in [0.2, 0.25) is 0 Å². The van der Waals surface area contributed by atoms with Crippen molar-refractivity contribution in [3.8, 4) is 0 Å². The van der Waals surface area contributed by atoms with Crippen molar-refractivity contribution >= 4 is 23.2 Å². The second kappa shape index (κ2) is 5.48. The first-order valence-corrected chi connectivity index (χ1v) is 7.18. The minimum atomic E-state index is -0.593. The summed E-state index contributed by atoms with van der Waals surface area (Å²) in [6, 6.07) is 0. The number of rotatable bonds is 4. The maximum Gasteiger partial charge on any atom is 0.343 e. The lowest BCUT2D eigenvalue weighted by molar-refractivity contribution is 0.0523. The van der Waals surface area contributed by atoms with Crippen LogP contribution in [0.4, 0.5) is 0 Å². The third-order valence-corrected chi connectivity index (χ3v) is 3.36. The van der Waals surface area contributed by atoms with E-state index in [1.807, 2.05) is 13.2 Å². The average Bonchev–Trinajstić information content (AvgIpc) is 2.84. The van der Waals surface area contributed by atoms with Crippen molar-refractivity contribution in [3.63, 3.8) is 0 Å². The molecule has 0 aliphatic heterocycles. The van der Waals surface area contributed by atoms with E-state index in [0.29, 0.717) is 17.2 Å². The van der Waals surface area contributed by atoms with Crippen LogP contribution in [0.5, 0.6) is 0 Å². The zero-order valence-corrected chi connectivity index (χ0v) is 11.9. The molecule has 0 bridgehead atoms. The SMILES string of the molecule is CCOC(=O)c1cn(CC)n2c(SC)ncc2c1=O. The van der Waals surface area contributed by atoms with Crippen molar-refractivity contribution in [3.05, 3.63) is 28.2 Å². The number of aryl methyl sites for hydroxylation is 1. The summed E-state index contributed by atoms with van der Waals surface area (Å²) in [6.07, 6.45) is 4.90. The predicted molar refractivity (Wildman–Crippen MR) is 72.9 cm³/mol. The second-order valence-electron chi connectivity index (χ2n) is 3.79. The predicted octanol–water partition coefficient (Wildman–Crippen LogP) is 1.41. The first-order valence-electron chi connectivity index (χ1n) is 5.96. The molecule has 0 radical (unpaired) electrons. The molecule has 0 N–H and O–H groups in total. The van der Waals surface area contributed by atoms with Gasteiger partial charge in [0.05, 0.1) is 12.8 Å². The first kappa shape index (κ1) is 13.7. The minimum Gasteiger partial charge on any atom is -0.462 e. The smallest absolute Gasteiger partial charge is 0.343 e. The van der Waals surface area contributed by atoms with Gasteiger partial charge in [-0.2, -0.15) is 0 Å². The molecule has 0 aromatic carbocycles. The molecule has 0 aliphatic carbocycles. The summed E-state index contributed by atoms with van der Waals surface area (Å²) in [4.78, 5) is 28.2. The van der Waals surface area contributed by atoms with Gasteiger partial charge in [0.15, 0.2) is 5.16 Å². The number of thioether (sulfide) groups is 1. The zero-order valence-electron chi connectivity index (χ0n) is 11.0. The van der Waals surface area contributed by atoms with Crippen molar-refractivity contribution in [1.82, 2.24) is 14.2 Å². The van der Waals surface area contributed by atoms with Gasteiger partial charge in [0.1, 0.15) is 11.1 Å². The van der Waals surface area contributed by atoms with E-state index < -0.39 is 5.97 Å². The highest BCUT2D eigenvalue weighted by Crippen LogP contribution is 2.14. The number of esters is 1. The van der Waals surface area contributed by atoms with E-state index in [0.717, 1.165) is 0 Å². The number of hydrogen-bond donors (Lipinski definition) is 0. The van der Waals surface area contributed by atoms with Gasteiger partial charge in [0.2, 0.25) is 5.43 Å². The Hall–Kier alpha value is -1.76. The van der Waals surface area contributed by atoms with E-state index in [9.17, 15) is 9.59 Å². The van der Waals surface area contributed by atoms with Crippen LogP contribution in [0.25, 0.3) is 5.52 Å². The van der Waals surface area contributed by atoms with E-state index in [-0.39, 0.29) is 17.6 Å². The lowest BCUT2D eigenvalue weighted by Crippen LogP contribution is -2.24. The summed E-state index contributed by atoms with van der Waals surface area (Å²) < 4.78 is 8.40. The van der Waals surface area contributed by atoms with E-state index in [1.54, 1.807) is 16.1 Å². The fourth-order valence-corrected chi connectivity index (χ4v) is 2.40. The number of fused-ring (bicyclic) bond motifs is 1. The van der Waals surface area contributed by atoms with Gasteiger partial charge >= 0.3 is 5.97 Å². The highest BCUT2D eigenvalue weighted by atomic mass is 32.2. The van der Waals surface area contributed by atoms with E-state index in [4.69, 9.17) is 4.74 Å². The lowest BCUT2D eigenvalue weighted by atomic mass is 10.2. The Morgan fingerprint density at radius 3 is 2.79 bits per heavy atom. The molecule has 2 heterocycles. The highest BCUT2D eigenvalue weighted by molar-refractivity contribution is 7.98. The van der Waals surface area contributed by atoms with Gasteiger partial charge in [-0.25, -0.2) is 14.3 Å². The molecule has 0 saturated heterocycles. The Kier molecular flexibility index (Phi) is 3.94. The van der Waals surface area contributed by atoms with Gasteiger partial charge in [-0.15, -0.1) is 0 Å². The molecule has 0 saturated carbocycles. The molecule has 2 rings (SSSR count). The van der Waals surface area contributed by atoms with Crippen molar-refractivity contribution in [2.75, 3.05) is 12.9 Å². The monoisotopic (exact) mass is 281 g/mol. The Morgan fingerprint density at radius 2 is 2.21 bits per heavy atom. The number of nitrogens with zero attached hydrogens (tertiary/aromatic N) is 3. The molecule has 6 nitrogen and oxygen atoms in total. The third kappa shape index (κ3) is 2.25. The number of aromatic nitrogens is 3. The normalized spacial score (nSPS) is 10.9. The molecular weight excluding hydrogens is 266 g/mol. The van der Waals surface area contributed by atoms with Gasteiger partial charge in [-0.05, 0) is 20.1 Å². The van der Waals surface area contributed by atoms with Crippen molar-refractivity contribution < 1.29 is 9.53 Å². The quantitative estimate of drug-likeness (QED) is 0.626. The van der Waals surface area contributed by atoms with E-state index in [1.165, 1.54) is 24.2 Å². The molecule has 0 fully saturated rings. The summed E-state index contributed by atoms with van der Waals surface area (Å²) in [5.41, 5.74) is 0.0801. The van der Waals surface area contributed by atoms with Gasteiger partial charge in [-0.3, -0.25) is 9.48 Å². The van der Waals surface area contributed by atoms with Crippen LogP contribution in [-0.2, 0) is 11.3 Å². The van der Waals surface area contributed by atoms with Crippen LogP contribution in [-0.4, -0.2) is 33.0 Å². The number of hydrogen-bond acceptors (Lipinski definition) is 5. The average molecular weight is 281 g/mol. The topological polar surface area (TPSA) is 65.6 Å². The van der Waals surface area contributed by atoms with Crippen molar-refractivity contribution in [1.29, 1.82) is 0 Å². The fraction of sp³-hybridized carbons (Fsp3) is 0.417. The van der Waals surface area contributed by atoms with Gasteiger partial charge in [-0.1, -0.05) is 11.8 Å². The number of imidazole rings is 1. The molecule has 0 unspecified atom stereocenters. The maximum absolute atomic E-state index is 12.3. The molecule has 19 heavy (non-hydrogen) atoms. The molecule has 102 valence electrons. The largest absolute Gasteiger partial charge is 0.462 e. The molecule has 7 heteroatoms. The van der Waals surface area contributed by atoms with Gasteiger partial charge in [0.25, 0.3) is 0 Å². The van der Waals surface area contributed by atoms with Crippen LogP contribution in [0.3, 0.4) is 0 Å². The summed E-state index contributed by atoms with van der Waals surface area (Å²) in [5.74, 6) is -0.593. The second-order valence-corrected chi connectivity index (χ2v) is 4.56. The minimum absolute atomic E-state index is 0.0451. The van der Waals surface area contributed by atoms with Crippen LogP contribution in [0, 0.1) is 0 Å². The number of ether oxygens (including phenoxy) is 1. The Bertz CT molecular complexity index is 675. The Morgan fingerprint density at radius 1 is 1.47 bits per heavy atom. The summed E-state index contributed by atoms with van der Waals surface area (Å²) in [6.45, 7) is 4.50. The first-order chi connectivity index (χ1) is 9.13. The van der Waals surface area contributed by atoms with E-state index >= 15 is 0 Å². The molecule has 2 aromatic rings. The zero-order chi connectivity index (χ0) is 14.0. The van der Waals surface area contributed by atoms with Crippen molar-refractivity contribution in [2.45, 2.75) is 25.5 Å². The Labute approximate surface area is 114 Å². The van der Waals surface area contributed by atoms with Crippen LogP contribution in [0.1, 0.15) is 24.2 Å². The molecule has 0 amide bonds. The van der Waals surface area contributed by atoms with Crippen LogP contribution in [0.15, 0.2) is 22.3 Å². The van der Waals surface area contributed by atoms with Crippen LogP contribution >= 0.6 is 11.8 Å². The lowest BCUT2D eigenvalue weighted by Gasteiger charge is -2.11. The molecule has 0 atom stereocenters. The molecule has 2 aromatic heterocycles. The third-order valence-electron chi connectivity index (χ3n) is 2.72. The van der Waals surface area contributed by atoms with Gasteiger partial charge < -0.3 is 4.74 Å². The fourth-order valence-electron chi connectivity index (χ4n) is 1.86. The molecule has 0 aliphatic rings. The summed E-state index contributed by atoms with van der Waals surface area (Å²) in [7, 11) is 0.